The van der Waals surface area contributed by atoms with E-state index in [1.807, 2.05) is 45.0 Å². The summed E-state index contributed by atoms with van der Waals surface area (Å²) in [5.41, 5.74) is 3.13. The van der Waals surface area contributed by atoms with Crippen LogP contribution in [0.3, 0.4) is 0 Å². The van der Waals surface area contributed by atoms with Gasteiger partial charge >= 0.3 is 0 Å². The van der Waals surface area contributed by atoms with E-state index >= 15 is 0 Å². The van der Waals surface area contributed by atoms with Gasteiger partial charge in [0.15, 0.2) is 0 Å². The van der Waals surface area contributed by atoms with Gasteiger partial charge in [0.05, 0.1) is 29.8 Å². The Morgan fingerprint density at radius 2 is 1.81 bits per heavy atom. The number of carbonyl (C=O) groups is 1. The van der Waals surface area contributed by atoms with E-state index in [4.69, 9.17) is 4.74 Å². The minimum atomic E-state index is -0.545. The molecule has 3 atom stereocenters. The molecule has 0 radical (unpaired) electrons. The molecular formula is C26H29FO4S. The van der Waals surface area contributed by atoms with Gasteiger partial charge in [-0.15, -0.1) is 11.3 Å². The number of hydrogen-bond donors (Lipinski definition) is 2. The Kier molecular flexibility index (Phi) is 8.32. The second-order valence-corrected chi connectivity index (χ2v) is 8.71. The van der Waals surface area contributed by atoms with E-state index in [-0.39, 0.29) is 24.3 Å². The van der Waals surface area contributed by atoms with E-state index < -0.39 is 12.2 Å². The van der Waals surface area contributed by atoms with Crippen molar-refractivity contribution in [2.24, 2.45) is 0 Å². The average Bonchev–Trinajstić information content (AvgIpc) is 3.30. The van der Waals surface area contributed by atoms with Crippen LogP contribution in [-0.2, 0) is 4.74 Å². The van der Waals surface area contributed by atoms with E-state index in [1.165, 1.54) is 23.5 Å². The Balaban J connectivity index is 0.00000141. The van der Waals surface area contributed by atoms with Crippen molar-refractivity contribution in [1.29, 1.82) is 0 Å². The van der Waals surface area contributed by atoms with Gasteiger partial charge in [-0.1, -0.05) is 38.1 Å². The largest absolute Gasteiger partial charge is 0.394 e. The molecule has 3 unspecified atom stereocenters. The zero-order valence-corrected chi connectivity index (χ0v) is 19.4. The van der Waals surface area contributed by atoms with Gasteiger partial charge in [-0.3, -0.25) is 4.79 Å². The van der Waals surface area contributed by atoms with Crippen LogP contribution < -0.4 is 0 Å². The highest BCUT2D eigenvalue weighted by molar-refractivity contribution is 7.17. The number of ether oxygens (including phenoxy) is 1. The number of ketones is 1. The highest BCUT2D eigenvalue weighted by Gasteiger charge is 2.29. The molecule has 1 aromatic heterocycles. The molecule has 32 heavy (non-hydrogen) atoms. The van der Waals surface area contributed by atoms with Crippen LogP contribution in [0.15, 0.2) is 54.6 Å². The molecule has 4 nitrogen and oxygen atoms in total. The van der Waals surface area contributed by atoms with Crippen molar-refractivity contribution in [1.82, 2.24) is 0 Å². The quantitative estimate of drug-likeness (QED) is 0.484. The Morgan fingerprint density at radius 1 is 1.09 bits per heavy atom. The molecule has 6 heteroatoms. The van der Waals surface area contributed by atoms with Crippen molar-refractivity contribution in [3.05, 3.63) is 82.0 Å². The molecule has 1 fully saturated rings. The number of rotatable bonds is 5. The molecule has 2 N–H and O–H groups in total. The highest BCUT2D eigenvalue weighted by atomic mass is 32.1. The first-order valence-corrected chi connectivity index (χ1v) is 11.7. The number of aliphatic hydroxyl groups is 2. The zero-order chi connectivity index (χ0) is 23.3. The number of carbonyl (C=O) groups excluding carboxylic acids is 1. The fraction of sp³-hybridized carbons (Fsp3) is 0.346. The predicted molar refractivity (Wildman–Crippen MR) is 126 cm³/mol. The molecule has 3 aromatic rings. The summed E-state index contributed by atoms with van der Waals surface area (Å²) in [5, 5.41) is 19.5. The third kappa shape index (κ3) is 5.51. The van der Waals surface area contributed by atoms with Crippen LogP contribution in [0.2, 0.25) is 0 Å². The van der Waals surface area contributed by atoms with Gasteiger partial charge in [0.2, 0.25) is 5.78 Å². The molecule has 2 heterocycles. The topological polar surface area (TPSA) is 66.8 Å². The van der Waals surface area contributed by atoms with Crippen molar-refractivity contribution in [3.8, 4) is 10.4 Å². The van der Waals surface area contributed by atoms with Gasteiger partial charge in [0, 0.05) is 23.3 Å². The van der Waals surface area contributed by atoms with E-state index in [1.54, 1.807) is 18.2 Å². The first-order chi connectivity index (χ1) is 15.4. The molecular weight excluding hydrogens is 427 g/mol. The smallest absolute Gasteiger partial charge is 0.203 e. The summed E-state index contributed by atoms with van der Waals surface area (Å²) in [6, 6.07) is 15.5. The van der Waals surface area contributed by atoms with E-state index in [2.05, 4.69) is 0 Å². The molecule has 170 valence electrons. The van der Waals surface area contributed by atoms with Gasteiger partial charge in [0.1, 0.15) is 5.82 Å². The van der Waals surface area contributed by atoms with Gasteiger partial charge in [-0.2, -0.15) is 0 Å². The lowest BCUT2D eigenvalue weighted by molar-refractivity contribution is -0.113. The molecule has 1 saturated heterocycles. The van der Waals surface area contributed by atoms with Crippen molar-refractivity contribution < 1.29 is 24.1 Å². The van der Waals surface area contributed by atoms with Crippen molar-refractivity contribution in [2.75, 3.05) is 6.61 Å². The second kappa shape index (κ2) is 11.0. The van der Waals surface area contributed by atoms with Crippen LogP contribution >= 0.6 is 11.3 Å². The number of thiophene rings is 1. The Hall–Kier alpha value is -2.38. The summed E-state index contributed by atoms with van der Waals surface area (Å²) < 4.78 is 19.1. The minimum absolute atomic E-state index is 0.0808. The third-order valence-corrected chi connectivity index (χ3v) is 6.55. The number of halogens is 1. The van der Waals surface area contributed by atoms with E-state index in [0.717, 1.165) is 21.6 Å². The molecule has 0 bridgehead atoms. The normalized spacial score (nSPS) is 20.4. The van der Waals surface area contributed by atoms with E-state index in [0.29, 0.717) is 23.3 Å². The summed E-state index contributed by atoms with van der Waals surface area (Å²) in [7, 11) is 0. The first kappa shape index (κ1) is 24.3. The molecule has 0 spiro atoms. The molecule has 1 aliphatic rings. The SMILES string of the molecule is CC.Cc1ccc(C2CC(O)CC(CO)O2)cc1C(=O)c1ccc(-c2ccc(F)cc2)s1. The van der Waals surface area contributed by atoms with E-state index in [9.17, 15) is 19.4 Å². The Labute approximate surface area is 192 Å². The summed E-state index contributed by atoms with van der Waals surface area (Å²) >= 11 is 1.37. The summed E-state index contributed by atoms with van der Waals surface area (Å²) in [6.07, 6.45) is -0.477. The van der Waals surface area contributed by atoms with Crippen LogP contribution in [0, 0.1) is 12.7 Å². The standard InChI is InChI=1S/C24H23FO4S.C2H6/c1-14-2-3-16(21-12-18(27)11-19(13-26)29-21)10-20(14)24(28)23-9-8-22(30-23)15-4-6-17(25)7-5-15;1-2/h2-10,18-19,21,26-27H,11-13H2,1H3;1-2H3. The summed E-state index contributed by atoms with van der Waals surface area (Å²) in [5.74, 6) is -0.375. The second-order valence-electron chi connectivity index (χ2n) is 7.63. The number of hydrogen-bond acceptors (Lipinski definition) is 5. The third-order valence-electron chi connectivity index (χ3n) is 5.42. The number of benzene rings is 2. The highest BCUT2D eigenvalue weighted by Crippen LogP contribution is 2.34. The Bertz CT molecular complexity index is 1040. The van der Waals surface area contributed by atoms with Crippen LogP contribution in [-0.4, -0.2) is 34.8 Å². The molecule has 0 amide bonds. The van der Waals surface area contributed by atoms with Crippen molar-refractivity contribution in [2.45, 2.75) is 51.9 Å². The molecule has 2 aromatic carbocycles. The number of aryl methyl sites for hydroxylation is 1. The maximum absolute atomic E-state index is 13.2. The molecule has 0 saturated carbocycles. The fourth-order valence-electron chi connectivity index (χ4n) is 3.77. The lowest BCUT2D eigenvalue weighted by atomic mass is 9.93. The van der Waals surface area contributed by atoms with Crippen LogP contribution in [0.5, 0.6) is 0 Å². The first-order valence-electron chi connectivity index (χ1n) is 10.9. The molecule has 1 aliphatic heterocycles. The lowest BCUT2D eigenvalue weighted by Gasteiger charge is -2.32. The summed E-state index contributed by atoms with van der Waals surface area (Å²) in [4.78, 5) is 14.7. The monoisotopic (exact) mass is 456 g/mol. The molecule has 4 rings (SSSR count). The van der Waals surface area contributed by atoms with Crippen molar-refractivity contribution >= 4 is 17.1 Å². The lowest BCUT2D eigenvalue weighted by Crippen LogP contribution is -2.33. The minimum Gasteiger partial charge on any atom is -0.394 e. The van der Waals surface area contributed by atoms with Gasteiger partial charge in [-0.25, -0.2) is 4.39 Å². The van der Waals surface area contributed by atoms with Crippen molar-refractivity contribution in [3.63, 3.8) is 0 Å². The number of aliphatic hydroxyl groups excluding tert-OH is 2. The maximum atomic E-state index is 13.2. The van der Waals surface area contributed by atoms with Crippen LogP contribution in [0.4, 0.5) is 4.39 Å². The Morgan fingerprint density at radius 3 is 2.50 bits per heavy atom. The zero-order valence-electron chi connectivity index (χ0n) is 18.5. The van der Waals surface area contributed by atoms with Gasteiger partial charge < -0.3 is 14.9 Å². The van der Waals surface area contributed by atoms with Gasteiger partial charge in [0.25, 0.3) is 0 Å². The summed E-state index contributed by atoms with van der Waals surface area (Å²) in [6.45, 7) is 5.74. The average molecular weight is 457 g/mol. The van der Waals surface area contributed by atoms with Gasteiger partial charge in [-0.05, 0) is 53.9 Å². The van der Waals surface area contributed by atoms with Crippen LogP contribution in [0.25, 0.3) is 10.4 Å². The molecule has 0 aliphatic carbocycles. The maximum Gasteiger partial charge on any atom is 0.203 e. The van der Waals surface area contributed by atoms with Crippen LogP contribution in [0.1, 0.15) is 59.2 Å². The fourth-order valence-corrected chi connectivity index (χ4v) is 4.73. The predicted octanol–water partition coefficient (Wildman–Crippen LogP) is 5.69.